The molecule has 0 aliphatic rings. The van der Waals surface area contributed by atoms with Crippen molar-refractivity contribution in [2.75, 3.05) is 10.6 Å². The molecule has 1 aromatic carbocycles. The highest BCUT2D eigenvalue weighted by molar-refractivity contribution is 5.98. The van der Waals surface area contributed by atoms with Crippen LogP contribution < -0.4 is 16.0 Å². The zero-order valence-corrected chi connectivity index (χ0v) is 13.4. The van der Waals surface area contributed by atoms with Crippen LogP contribution in [0.1, 0.15) is 18.2 Å². The van der Waals surface area contributed by atoms with E-state index in [-0.39, 0.29) is 5.91 Å². The molecule has 1 aromatic heterocycles. The number of carbonyl (C=O) groups is 2. The number of hydrogen-bond donors (Lipinski definition) is 3. The molecule has 120 valence electrons. The number of para-hydroxylation sites is 1. The van der Waals surface area contributed by atoms with E-state index in [9.17, 15) is 9.59 Å². The summed E-state index contributed by atoms with van der Waals surface area (Å²) in [7, 11) is 0. The molecule has 0 spiro atoms. The molecule has 0 fully saturated rings. The third kappa shape index (κ3) is 5.10. The normalized spacial score (nSPS) is 11.4. The molecule has 2 rings (SSSR count). The summed E-state index contributed by atoms with van der Waals surface area (Å²) in [6, 6.07) is 11.6. The molecule has 0 aliphatic heterocycles. The van der Waals surface area contributed by atoms with Gasteiger partial charge in [0.05, 0.1) is 0 Å². The number of amides is 3. The molecule has 1 atom stereocenters. The Labute approximate surface area is 135 Å². The van der Waals surface area contributed by atoms with Gasteiger partial charge in [-0.25, -0.2) is 9.78 Å². The molecule has 2 aromatic rings. The van der Waals surface area contributed by atoms with E-state index in [2.05, 4.69) is 20.9 Å². The summed E-state index contributed by atoms with van der Waals surface area (Å²) in [6.45, 7) is 5.40. The number of aryl methyl sites for hydroxylation is 2. The summed E-state index contributed by atoms with van der Waals surface area (Å²) < 4.78 is 0. The topological polar surface area (TPSA) is 83.1 Å². The Hall–Kier alpha value is -2.89. The standard InChI is InChI=1S/C17H20N4O2/c1-11-9-12(2)18-15(10-11)21-17(23)19-13(3)16(22)20-14-7-5-4-6-8-14/h4-10,13H,1-3H3,(H,20,22)(H2,18,19,21,23). The first kappa shape index (κ1) is 16.5. The molecule has 6 nitrogen and oxygen atoms in total. The Bertz CT molecular complexity index is 681. The molecule has 1 unspecified atom stereocenters. The molecule has 23 heavy (non-hydrogen) atoms. The minimum Gasteiger partial charge on any atom is -0.326 e. The van der Waals surface area contributed by atoms with Gasteiger partial charge in [-0.05, 0) is 50.6 Å². The minimum atomic E-state index is -0.680. The fourth-order valence-electron chi connectivity index (χ4n) is 2.09. The summed E-state index contributed by atoms with van der Waals surface area (Å²) >= 11 is 0. The van der Waals surface area contributed by atoms with Crippen LogP contribution in [-0.4, -0.2) is 23.0 Å². The molecule has 0 saturated heterocycles. The van der Waals surface area contributed by atoms with Crippen molar-refractivity contribution < 1.29 is 9.59 Å². The molecular formula is C17H20N4O2. The number of hydrogen-bond acceptors (Lipinski definition) is 3. The average molecular weight is 312 g/mol. The first-order valence-electron chi connectivity index (χ1n) is 7.33. The lowest BCUT2D eigenvalue weighted by Gasteiger charge is -2.15. The Morgan fingerprint density at radius 2 is 1.74 bits per heavy atom. The van der Waals surface area contributed by atoms with Gasteiger partial charge >= 0.3 is 6.03 Å². The molecule has 0 saturated carbocycles. The monoisotopic (exact) mass is 312 g/mol. The van der Waals surface area contributed by atoms with E-state index in [0.29, 0.717) is 11.5 Å². The number of rotatable bonds is 4. The van der Waals surface area contributed by atoms with E-state index in [1.807, 2.05) is 38.1 Å². The smallest absolute Gasteiger partial charge is 0.321 e. The molecular weight excluding hydrogens is 292 g/mol. The highest BCUT2D eigenvalue weighted by atomic mass is 16.2. The largest absolute Gasteiger partial charge is 0.326 e. The second-order valence-electron chi connectivity index (χ2n) is 5.35. The highest BCUT2D eigenvalue weighted by Crippen LogP contribution is 2.09. The van der Waals surface area contributed by atoms with Gasteiger partial charge in [0.25, 0.3) is 0 Å². The second-order valence-corrected chi connectivity index (χ2v) is 5.35. The number of urea groups is 1. The second kappa shape index (κ2) is 7.40. The van der Waals surface area contributed by atoms with Gasteiger partial charge in [-0.1, -0.05) is 18.2 Å². The first-order chi connectivity index (χ1) is 10.9. The van der Waals surface area contributed by atoms with Crippen LogP contribution in [-0.2, 0) is 4.79 Å². The van der Waals surface area contributed by atoms with Crippen LogP contribution >= 0.6 is 0 Å². The number of nitrogens with zero attached hydrogens (tertiary/aromatic N) is 1. The molecule has 0 radical (unpaired) electrons. The van der Waals surface area contributed by atoms with Crippen LogP contribution in [0.3, 0.4) is 0 Å². The van der Waals surface area contributed by atoms with Crippen molar-refractivity contribution in [1.82, 2.24) is 10.3 Å². The molecule has 3 N–H and O–H groups in total. The summed E-state index contributed by atoms with van der Waals surface area (Å²) in [5.41, 5.74) is 2.50. The van der Waals surface area contributed by atoms with Crippen molar-refractivity contribution in [3.63, 3.8) is 0 Å². The average Bonchev–Trinajstić information content (AvgIpc) is 2.46. The van der Waals surface area contributed by atoms with Crippen LogP contribution in [0.4, 0.5) is 16.3 Å². The summed E-state index contributed by atoms with van der Waals surface area (Å²) in [5.74, 6) is 0.162. The molecule has 6 heteroatoms. The maximum absolute atomic E-state index is 12.0. The van der Waals surface area contributed by atoms with E-state index in [1.165, 1.54) is 0 Å². The van der Waals surface area contributed by atoms with E-state index in [1.54, 1.807) is 25.1 Å². The highest BCUT2D eigenvalue weighted by Gasteiger charge is 2.16. The SMILES string of the molecule is Cc1cc(C)nc(NC(=O)NC(C)C(=O)Nc2ccccc2)c1. The minimum absolute atomic E-state index is 0.292. The van der Waals surface area contributed by atoms with Crippen molar-refractivity contribution >= 4 is 23.4 Å². The molecule has 0 bridgehead atoms. The number of anilines is 2. The lowest BCUT2D eigenvalue weighted by Crippen LogP contribution is -2.43. The summed E-state index contributed by atoms with van der Waals surface area (Å²) in [4.78, 5) is 28.2. The van der Waals surface area contributed by atoms with Gasteiger partial charge in [0.15, 0.2) is 0 Å². The fourth-order valence-corrected chi connectivity index (χ4v) is 2.09. The van der Waals surface area contributed by atoms with Crippen molar-refractivity contribution in [2.45, 2.75) is 26.8 Å². The van der Waals surface area contributed by atoms with Gasteiger partial charge < -0.3 is 10.6 Å². The summed E-state index contributed by atoms with van der Waals surface area (Å²) in [6.07, 6.45) is 0. The Morgan fingerprint density at radius 1 is 1.04 bits per heavy atom. The number of nitrogens with one attached hydrogen (secondary N) is 3. The maximum Gasteiger partial charge on any atom is 0.321 e. The van der Waals surface area contributed by atoms with Gasteiger partial charge in [-0.2, -0.15) is 0 Å². The Balaban J connectivity index is 1.90. The van der Waals surface area contributed by atoms with Crippen LogP contribution in [0.25, 0.3) is 0 Å². The predicted molar refractivity (Wildman–Crippen MR) is 90.4 cm³/mol. The van der Waals surface area contributed by atoms with Gasteiger partial charge in [-0.3, -0.25) is 10.1 Å². The lowest BCUT2D eigenvalue weighted by atomic mass is 10.2. The number of pyridine rings is 1. The third-order valence-corrected chi connectivity index (χ3v) is 3.12. The van der Waals surface area contributed by atoms with Crippen LogP contribution in [0.15, 0.2) is 42.5 Å². The number of benzene rings is 1. The Morgan fingerprint density at radius 3 is 2.39 bits per heavy atom. The van der Waals surface area contributed by atoms with Crippen LogP contribution in [0, 0.1) is 13.8 Å². The van der Waals surface area contributed by atoms with E-state index >= 15 is 0 Å². The van der Waals surface area contributed by atoms with Crippen molar-refractivity contribution in [1.29, 1.82) is 0 Å². The van der Waals surface area contributed by atoms with E-state index in [0.717, 1.165) is 11.3 Å². The van der Waals surface area contributed by atoms with Crippen LogP contribution in [0.5, 0.6) is 0 Å². The van der Waals surface area contributed by atoms with Gasteiger partial charge in [0.1, 0.15) is 11.9 Å². The lowest BCUT2D eigenvalue weighted by molar-refractivity contribution is -0.117. The van der Waals surface area contributed by atoms with E-state index in [4.69, 9.17) is 0 Å². The van der Waals surface area contributed by atoms with Crippen LogP contribution in [0.2, 0.25) is 0 Å². The van der Waals surface area contributed by atoms with Gasteiger partial charge in [-0.15, -0.1) is 0 Å². The first-order valence-corrected chi connectivity index (χ1v) is 7.33. The van der Waals surface area contributed by atoms with Gasteiger partial charge in [0, 0.05) is 11.4 Å². The van der Waals surface area contributed by atoms with Crippen molar-refractivity contribution in [2.24, 2.45) is 0 Å². The predicted octanol–water partition coefficient (Wildman–Crippen LogP) is 2.85. The quantitative estimate of drug-likeness (QED) is 0.811. The molecule has 1 heterocycles. The van der Waals surface area contributed by atoms with Gasteiger partial charge in [0.2, 0.25) is 5.91 Å². The summed E-state index contributed by atoms with van der Waals surface area (Å²) in [5, 5.41) is 7.95. The third-order valence-electron chi connectivity index (χ3n) is 3.12. The van der Waals surface area contributed by atoms with Crippen molar-refractivity contribution in [3.8, 4) is 0 Å². The zero-order chi connectivity index (χ0) is 16.8. The maximum atomic E-state index is 12.0. The molecule has 3 amide bonds. The fraction of sp³-hybridized carbons (Fsp3) is 0.235. The Kier molecular flexibility index (Phi) is 5.30. The molecule has 0 aliphatic carbocycles. The number of carbonyl (C=O) groups excluding carboxylic acids is 2. The number of aromatic nitrogens is 1. The van der Waals surface area contributed by atoms with Crippen molar-refractivity contribution in [3.05, 3.63) is 53.7 Å². The van der Waals surface area contributed by atoms with E-state index < -0.39 is 12.1 Å². The zero-order valence-electron chi connectivity index (χ0n) is 13.4.